The molecule has 148 valence electrons. The summed E-state index contributed by atoms with van der Waals surface area (Å²) in [5.74, 6) is 0.147. The molecular formula is C22H28N4O2. The van der Waals surface area contributed by atoms with E-state index in [4.69, 9.17) is 0 Å². The van der Waals surface area contributed by atoms with E-state index in [-0.39, 0.29) is 23.9 Å². The highest BCUT2D eigenvalue weighted by Crippen LogP contribution is 2.27. The van der Waals surface area contributed by atoms with Crippen molar-refractivity contribution in [3.8, 4) is 0 Å². The zero-order chi connectivity index (χ0) is 19.9. The van der Waals surface area contributed by atoms with E-state index in [1.54, 1.807) is 12.4 Å². The SMILES string of the molecule is CC(C)NC(=O)N1CCCC(c2cccc(C(=O)NCc3cccnc3)c2)C1. The first kappa shape index (κ1) is 19.9. The standard InChI is InChI=1S/C22H28N4O2/c1-16(2)25-22(28)26-11-5-9-20(15-26)18-7-3-8-19(12-18)21(27)24-14-17-6-4-10-23-13-17/h3-4,6-8,10,12-13,16,20H,5,9,11,14-15H2,1-2H3,(H,24,27)(H,25,28). The van der Waals surface area contributed by atoms with Crippen LogP contribution in [-0.2, 0) is 6.54 Å². The molecular weight excluding hydrogens is 352 g/mol. The number of nitrogens with one attached hydrogen (secondary N) is 2. The number of urea groups is 1. The Morgan fingerprint density at radius 3 is 2.86 bits per heavy atom. The number of carbonyl (C=O) groups is 2. The lowest BCUT2D eigenvalue weighted by Crippen LogP contribution is -2.47. The van der Waals surface area contributed by atoms with Gasteiger partial charge in [0.25, 0.3) is 5.91 Å². The van der Waals surface area contributed by atoms with Crippen molar-refractivity contribution in [3.63, 3.8) is 0 Å². The van der Waals surface area contributed by atoms with Crippen molar-refractivity contribution in [2.75, 3.05) is 13.1 Å². The summed E-state index contributed by atoms with van der Waals surface area (Å²) < 4.78 is 0. The van der Waals surface area contributed by atoms with Gasteiger partial charge in [0.15, 0.2) is 0 Å². The Kier molecular flexibility index (Phi) is 6.63. The van der Waals surface area contributed by atoms with E-state index < -0.39 is 0 Å². The van der Waals surface area contributed by atoms with Gasteiger partial charge in [0, 0.05) is 49.6 Å². The summed E-state index contributed by atoms with van der Waals surface area (Å²) in [6.07, 6.45) is 5.44. The summed E-state index contributed by atoms with van der Waals surface area (Å²) in [5, 5.41) is 5.90. The molecule has 1 aromatic heterocycles. The minimum absolute atomic E-state index is 0.00920. The number of rotatable bonds is 5. The molecule has 2 N–H and O–H groups in total. The van der Waals surface area contributed by atoms with Crippen molar-refractivity contribution in [1.29, 1.82) is 0 Å². The number of amides is 3. The fourth-order valence-electron chi connectivity index (χ4n) is 3.49. The van der Waals surface area contributed by atoms with E-state index >= 15 is 0 Å². The van der Waals surface area contributed by atoms with E-state index in [1.807, 2.05) is 55.1 Å². The molecule has 0 saturated carbocycles. The summed E-state index contributed by atoms with van der Waals surface area (Å²) in [4.78, 5) is 30.8. The second-order valence-electron chi connectivity index (χ2n) is 7.56. The van der Waals surface area contributed by atoms with Crippen molar-refractivity contribution in [1.82, 2.24) is 20.5 Å². The predicted octanol–water partition coefficient (Wildman–Crippen LogP) is 3.31. The highest BCUT2D eigenvalue weighted by Gasteiger charge is 2.25. The third-order valence-electron chi connectivity index (χ3n) is 4.92. The van der Waals surface area contributed by atoms with Gasteiger partial charge in [-0.25, -0.2) is 4.79 Å². The van der Waals surface area contributed by atoms with E-state index in [2.05, 4.69) is 15.6 Å². The first-order valence-corrected chi connectivity index (χ1v) is 9.85. The van der Waals surface area contributed by atoms with Gasteiger partial charge in [0.05, 0.1) is 0 Å². The minimum Gasteiger partial charge on any atom is -0.348 e. The summed E-state index contributed by atoms with van der Waals surface area (Å²) in [7, 11) is 0. The van der Waals surface area contributed by atoms with Crippen LogP contribution < -0.4 is 10.6 Å². The van der Waals surface area contributed by atoms with Gasteiger partial charge in [0.2, 0.25) is 0 Å². The largest absolute Gasteiger partial charge is 0.348 e. The number of hydrogen-bond acceptors (Lipinski definition) is 3. The van der Waals surface area contributed by atoms with E-state index in [0.717, 1.165) is 30.5 Å². The molecule has 1 aromatic carbocycles. The summed E-state index contributed by atoms with van der Waals surface area (Å²) >= 11 is 0. The number of pyridine rings is 1. The van der Waals surface area contributed by atoms with Crippen molar-refractivity contribution in [2.45, 2.75) is 45.2 Å². The Hall–Kier alpha value is -2.89. The van der Waals surface area contributed by atoms with Crippen LogP contribution >= 0.6 is 0 Å². The van der Waals surface area contributed by atoms with Gasteiger partial charge in [0.1, 0.15) is 0 Å². The van der Waals surface area contributed by atoms with Gasteiger partial charge in [-0.1, -0.05) is 18.2 Å². The molecule has 2 heterocycles. The highest BCUT2D eigenvalue weighted by atomic mass is 16.2. The average molecular weight is 380 g/mol. The van der Waals surface area contributed by atoms with Gasteiger partial charge < -0.3 is 15.5 Å². The minimum atomic E-state index is -0.101. The number of likely N-dealkylation sites (tertiary alicyclic amines) is 1. The van der Waals surface area contributed by atoms with Crippen LogP contribution in [0.5, 0.6) is 0 Å². The molecule has 1 aliphatic rings. The number of nitrogens with zero attached hydrogens (tertiary/aromatic N) is 2. The lowest BCUT2D eigenvalue weighted by Gasteiger charge is -2.33. The van der Waals surface area contributed by atoms with E-state index in [1.165, 1.54) is 0 Å². The maximum atomic E-state index is 12.5. The van der Waals surface area contributed by atoms with Gasteiger partial charge in [-0.3, -0.25) is 9.78 Å². The molecule has 1 atom stereocenters. The Morgan fingerprint density at radius 1 is 1.25 bits per heavy atom. The zero-order valence-electron chi connectivity index (χ0n) is 16.5. The Bertz CT molecular complexity index is 807. The van der Waals surface area contributed by atoms with Crippen LogP contribution in [0.25, 0.3) is 0 Å². The van der Waals surface area contributed by atoms with Crippen LogP contribution in [0.3, 0.4) is 0 Å². The van der Waals surface area contributed by atoms with Crippen molar-refractivity contribution >= 4 is 11.9 Å². The van der Waals surface area contributed by atoms with Gasteiger partial charge in [-0.15, -0.1) is 0 Å². The maximum absolute atomic E-state index is 12.5. The second kappa shape index (κ2) is 9.35. The van der Waals surface area contributed by atoms with Gasteiger partial charge in [-0.05, 0) is 56.0 Å². The second-order valence-corrected chi connectivity index (χ2v) is 7.56. The first-order valence-electron chi connectivity index (χ1n) is 9.85. The maximum Gasteiger partial charge on any atom is 0.317 e. The lowest BCUT2D eigenvalue weighted by atomic mass is 9.89. The van der Waals surface area contributed by atoms with Gasteiger partial charge in [-0.2, -0.15) is 0 Å². The van der Waals surface area contributed by atoms with Crippen LogP contribution in [0.15, 0.2) is 48.8 Å². The number of carbonyl (C=O) groups excluding carboxylic acids is 2. The number of benzene rings is 1. The van der Waals surface area contributed by atoms with Gasteiger partial charge >= 0.3 is 6.03 Å². The van der Waals surface area contributed by atoms with Crippen LogP contribution in [0.1, 0.15) is 54.1 Å². The molecule has 6 heteroatoms. The average Bonchev–Trinajstić information content (AvgIpc) is 2.72. The van der Waals surface area contributed by atoms with Crippen LogP contribution in [0, 0.1) is 0 Å². The van der Waals surface area contributed by atoms with Crippen LogP contribution in [0.4, 0.5) is 4.79 Å². The monoisotopic (exact) mass is 380 g/mol. The predicted molar refractivity (Wildman–Crippen MR) is 109 cm³/mol. The molecule has 3 rings (SSSR count). The third-order valence-corrected chi connectivity index (χ3v) is 4.92. The summed E-state index contributed by atoms with van der Waals surface area (Å²) in [6, 6.07) is 11.6. The van der Waals surface area contributed by atoms with Crippen molar-refractivity contribution in [2.24, 2.45) is 0 Å². The number of hydrogen-bond donors (Lipinski definition) is 2. The molecule has 1 unspecified atom stereocenters. The molecule has 0 aliphatic carbocycles. The molecule has 6 nitrogen and oxygen atoms in total. The molecule has 0 bridgehead atoms. The molecule has 0 spiro atoms. The Balaban J connectivity index is 1.63. The number of aromatic nitrogens is 1. The fraction of sp³-hybridized carbons (Fsp3) is 0.409. The molecule has 3 amide bonds. The molecule has 28 heavy (non-hydrogen) atoms. The molecule has 2 aromatic rings. The smallest absolute Gasteiger partial charge is 0.317 e. The van der Waals surface area contributed by atoms with Crippen molar-refractivity contribution < 1.29 is 9.59 Å². The third kappa shape index (κ3) is 5.31. The highest BCUT2D eigenvalue weighted by molar-refractivity contribution is 5.94. The van der Waals surface area contributed by atoms with E-state index in [9.17, 15) is 9.59 Å². The number of piperidine rings is 1. The molecule has 0 radical (unpaired) electrons. The molecule has 1 fully saturated rings. The summed E-state index contributed by atoms with van der Waals surface area (Å²) in [5.41, 5.74) is 2.72. The quantitative estimate of drug-likeness (QED) is 0.836. The zero-order valence-corrected chi connectivity index (χ0v) is 16.5. The summed E-state index contributed by atoms with van der Waals surface area (Å²) in [6.45, 7) is 5.84. The van der Waals surface area contributed by atoms with Crippen LogP contribution in [0.2, 0.25) is 0 Å². The van der Waals surface area contributed by atoms with E-state index in [0.29, 0.717) is 18.7 Å². The molecule has 1 aliphatic heterocycles. The topological polar surface area (TPSA) is 74.3 Å². The van der Waals surface area contributed by atoms with Crippen LogP contribution in [-0.4, -0.2) is 41.0 Å². The van der Waals surface area contributed by atoms with Crippen molar-refractivity contribution in [3.05, 3.63) is 65.5 Å². The Labute approximate surface area is 166 Å². The lowest BCUT2D eigenvalue weighted by molar-refractivity contribution is 0.0950. The normalized spacial score (nSPS) is 16.7. The fourth-order valence-corrected chi connectivity index (χ4v) is 3.49. The first-order chi connectivity index (χ1) is 13.5. The molecule has 1 saturated heterocycles. The Morgan fingerprint density at radius 2 is 2.11 bits per heavy atom.